The van der Waals surface area contributed by atoms with Gasteiger partial charge in [-0.3, -0.25) is 4.79 Å². The van der Waals surface area contributed by atoms with Crippen molar-refractivity contribution >= 4 is 11.5 Å². The number of ketones is 1. The van der Waals surface area contributed by atoms with Crippen LogP contribution in [-0.4, -0.2) is 12.3 Å². The first-order valence-electron chi connectivity index (χ1n) is 6.22. The molecule has 0 radical (unpaired) electrons. The zero-order chi connectivity index (χ0) is 12.3. The van der Waals surface area contributed by atoms with Gasteiger partial charge in [0.2, 0.25) is 0 Å². The first-order valence-corrected chi connectivity index (χ1v) is 6.22. The normalized spacial score (nSPS) is 13.7. The number of Topliss-reactive ketones (excluding diaryl/α,β-unsaturated/α-hetero) is 1. The molecular weight excluding hydrogens is 210 g/mol. The highest BCUT2D eigenvalue weighted by molar-refractivity contribution is 5.99. The molecule has 0 bridgehead atoms. The van der Waals surface area contributed by atoms with E-state index in [-0.39, 0.29) is 5.78 Å². The van der Waals surface area contributed by atoms with E-state index in [4.69, 9.17) is 0 Å². The van der Waals surface area contributed by atoms with Crippen molar-refractivity contribution in [3.63, 3.8) is 0 Å². The van der Waals surface area contributed by atoms with E-state index in [1.165, 1.54) is 5.56 Å². The molecule has 0 saturated heterocycles. The van der Waals surface area contributed by atoms with Crippen LogP contribution in [0.3, 0.4) is 0 Å². The zero-order valence-corrected chi connectivity index (χ0v) is 10.4. The predicted molar refractivity (Wildman–Crippen MR) is 71.6 cm³/mol. The fourth-order valence-corrected chi connectivity index (χ4v) is 2.23. The van der Waals surface area contributed by atoms with Crippen molar-refractivity contribution < 1.29 is 4.79 Å². The Hall–Kier alpha value is -1.57. The maximum absolute atomic E-state index is 12.2. The molecule has 0 saturated carbocycles. The van der Waals surface area contributed by atoms with E-state index >= 15 is 0 Å². The molecule has 0 spiro atoms. The van der Waals surface area contributed by atoms with Crippen LogP contribution in [0.15, 0.2) is 30.4 Å². The second-order valence-corrected chi connectivity index (χ2v) is 4.74. The number of carbonyl (C=O) groups excluding carboxylic acids is 1. The number of anilines is 1. The lowest BCUT2D eigenvalue weighted by atomic mass is 9.93. The molecule has 1 N–H and O–H groups in total. The summed E-state index contributed by atoms with van der Waals surface area (Å²) in [6.45, 7) is 6.82. The number of hydrogen-bond acceptors (Lipinski definition) is 2. The van der Waals surface area contributed by atoms with Crippen molar-refractivity contribution in [2.24, 2.45) is 0 Å². The van der Waals surface area contributed by atoms with Gasteiger partial charge in [0.25, 0.3) is 0 Å². The summed E-state index contributed by atoms with van der Waals surface area (Å²) in [6, 6.07) is 5.97. The molecule has 0 fully saturated rings. The van der Waals surface area contributed by atoms with Crippen LogP contribution in [0.25, 0.3) is 0 Å². The van der Waals surface area contributed by atoms with E-state index in [2.05, 4.69) is 18.0 Å². The van der Waals surface area contributed by atoms with Gasteiger partial charge in [-0.05, 0) is 37.8 Å². The Morgan fingerprint density at radius 2 is 2.24 bits per heavy atom. The molecule has 2 rings (SSSR count). The topological polar surface area (TPSA) is 29.1 Å². The minimum Gasteiger partial charge on any atom is -0.385 e. The fourth-order valence-electron chi connectivity index (χ4n) is 2.23. The second kappa shape index (κ2) is 5.17. The minimum atomic E-state index is 0.244. The third-order valence-corrected chi connectivity index (χ3v) is 3.17. The molecule has 0 amide bonds. The number of rotatable bonds is 4. The smallest absolute Gasteiger partial charge is 0.163 e. The molecule has 0 aliphatic carbocycles. The van der Waals surface area contributed by atoms with Gasteiger partial charge in [-0.25, -0.2) is 0 Å². The summed E-state index contributed by atoms with van der Waals surface area (Å²) in [7, 11) is 0. The molecule has 1 heterocycles. The summed E-state index contributed by atoms with van der Waals surface area (Å²) in [5.41, 5.74) is 4.31. The highest BCUT2D eigenvalue weighted by Gasteiger charge is 2.16. The van der Waals surface area contributed by atoms with Crippen molar-refractivity contribution in [2.75, 3.05) is 11.9 Å². The highest BCUT2D eigenvalue weighted by Crippen LogP contribution is 2.26. The van der Waals surface area contributed by atoms with Crippen molar-refractivity contribution in [3.05, 3.63) is 41.5 Å². The summed E-state index contributed by atoms with van der Waals surface area (Å²) < 4.78 is 0. The number of hydrogen-bond donors (Lipinski definition) is 1. The molecule has 1 aromatic rings. The van der Waals surface area contributed by atoms with Crippen LogP contribution in [0.5, 0.6) is 0 Å². The third-order valence-electron chi connectivity index (χ3n) is 3.17. The Morgan fingerprint density at radius 3 is 3.00 bits per heavy atom. The molecule has 90 valence electrons. The van der Waals surface area contributed by atoms with E-state index in [0.29, 0.717) is 6.42 Å². The Kier molecular flexibility index (Phi) is 3.62. The van der Waals surface area contributed by atoms with E-state index in [0.717, 1.165) is 42.6 Å². The van der Waals surface area contributed by atoms with E-state index in [1.54, 1.807) is 0 Å². The summed E-state index contributed by atoms with van der Waals surface area (Å²) in [6.07, 6.45) is 3.48. The Morgan fingerprint density at radius 1 is 1.41 bits per heavy atom. The quantitative estimate of drug-likeness (QED) is 0.631. The van der Waals surface area contributed by atoms with E-state index in [1.807, 2.05) is 19.1 Å². The standard InChI is InChI=1S/C15H19NO/c1-11(2)8-9-15(17)13-5-3-7-14-12(13)6-4-10-16-14/h3,5,7,16H,1,4,6,8-10H2,2H3. The molecule has 0 atom stereocenters. The molecule has 1 aromatic carbocycles. The SMILES string of the molecule is C=C(C)CCC(=O)c1cccc2c1CCCN2. The van der Waals surface area contributed by atoms with Crippen LogP contribution in [0, 0.1) is 0 Å². The molecule has 2 nitrogen and oxygen atoms in total. The molecule has 1 aliphatic heterocycles. The minimum absolute atomic E-state index is 0.244. The second-order valence-electron chi connectivity index (χ2n) is 4.74. The van der Waals surface area contributed by atoms with Gasteiger partial charge in [0, 0.05) is 24.2 Å². The Bertz CT molecular complexity index is 448. The van der Waals surface area contributed by atoms with Crippen LogP contribution < -0.4 is 5.32 Å². The van der Waals surface area contributed by atoms with Gasteiger partial charge in [0.05, 0.1) is 0 Å². The lowest BCUT2D eigenvalue weighted by molar-refractivity contribution is 0.0982. The van der Waals surface area contributed by atoms with Gasteiger partial charge < -0.3 is 5.32 Å². The van der Waals surface area contributed by atoms with Crippen LogP contribution in [0.1, 0.15) is 42.1 Å². The lowest BCUT2D eigenvalue weighted by Gasteiger charge is -2.20. The van der Waals surface area contributed by atoms with Gasteiger partial charge >= 0.3 is 0 Å². The summed E-state index contributed by atoms with van der Waals surface area (Å²) in [4.78, 5) is 12.2. The molecule has 0 unspecified atom stereocenters. The number of carbonyl (C=O) groups is 1. The van der Waals surface area contributed by atoms with Crippen LogP contribution >= 0.6 is 0 Å². The zero-order valence-electron chi connectivity index (χ0n) is 10.4. The number of fused-ring (bicyclic) bond motifs is 1. The fraction of sp³-hybridized carbons (Fsp3) is 0.400. The van der Waals surface area contributed by atoms with Gasteiger partial charge in [0.1, 0.15) is 0 Å². The Balaban J connectivity index is 2.20. The van der Waals surface area contributed by atoms with Crippen LogP contribution in [0.4, 0.5) is 5.69 Å². The maximum Gasteiger partial charge on any atom is 0.163 e. The molecular formula is C15H19NO. The predicted octanol–water partition coefficient (Wildman–Crippen LogP) is 3.58. The number of nitrogens with one attached hydrogen (secondary N) is 1. The van der Waals surface area contributed by atoms with Crippen molar-refractivity contribution in [3.8, 4) is 0 Å². The Labute approximate surface area is 103 Å². The first-order chi connectivity index (χ1) is 8.18. The average molecular weight is 229 g/mol. The number of benzene rings is 1. The summed E-state index contributed by atoms with van der Waals surface area (Å²) in [5, 5.41) is 3.35. The lowest BCUT2D eigenvalue weighted by Crippen LogP contribution is -2.15. The van der Waals surface area contributed by atoms with Gasteiger partial charge in [-0.1, -0.05) is 17.7 Å². The summed E-state index contributed by atoms with van der Waals surface area (Å²) in [5.74, 6) is 0.244. The highest BCUT2D eigenvalue weighted by atomic mass is 16.1. The van der Waals surface area contributed by atoms with E-state index < -0.39 is 0 Å². The van der Waals surface area contributed by atoms with Gasteiger partial charge in [-0.2, -0.15) is 0 Å². The van der Waals surface area contributed by atoms with Crippen LogP contribution in [-0.2, 0) is 6.42 Å². The molecule has 17 heavy (non-hydrogen) atoms. The van der Waals surface area contributed by atoms with Gasteiger partial charge in [-0.15, -0.1) is 6.58 Å². The molecule has 2 heteroatoms. The molecule has 0 aromatic heterocycles. The number of allylic oxidation sites excluding steroid dienone is 1. The van der Waals surface area contributed by atoms with Crippen molar-refractivity contribution in [1.82, 2.24) is 0 Å². The van der Waals surface area contributed by atoms with E-state index in [9.17, 15) is 4.79 Å². The van der Waals surface area contributed by atoms with Crippen molar-refractivity contribution in [1.29, 1.82) is 0 Å². The monoisotopic (exact) mass is 229 g/mol. The largest absolute Gasteiger partial charge is 0.385 e. The molecule has 1 aliphatic rings. The summed E-state index contributed by atoms with van der Waals surface area (Å²) >= 11 is 0. The van der Waals surface area contributed by atoms with Gasteiger partial charge in [0.15, 0.2) is 5.78 Å². The first kappa shape index (κ1) is 11.9. The maximum atomic E-state index is 12.2. The van der Waals surface area contributed by atoms with Crippen molar-refractivity contribution in [2.45, 2.75) is 32.6 Å². The third kappa shape index (κ3) is 2.76. The average Bonchev–Trinajstić information content (AvgIpc) is 2.35. The van der Waals surface area contributed by atoms with Crippen LogP contribution in [0.2, 0.25) is 0 Å².